The second-order valence-corrected chi connectivity index (χ2v) is 6.31. The van der Waals surface area contributed by atoms with Gasteiger partial charge in [-0.05, 0) is 25.5 Å². The molecule has 1 aromatic carbocycles. The molecule has 0 radical (unpaired) electrons. The number of hydrogen-bond acceptors (Lipinski definition) is 6. The van der Waals surface area contributed by atoms with E-state index in [-0.39, 0.29) is 18.3 Å². The standard InChI is InChI=1S/C18H21N3O3S/c1-4-5-12-6-7-13(8-14(12)11(2)22)16-10-25-18(20-16)21-17(23)15(19)9-24-3/h4-8,10,15H,9,19H2,1-3H3,(H,20,21,23)/b5-4-. The number of allylic oxidation sites excluding steroid dienone is 1. The molecule has 0 saturated carbocycles. The lowest BCUT2D eigenvalue weighted by molar-refractivity contribution is -0.118. The van der Waals surface area contributed by atoms with Crippen molar-refractivity contribution in [3.8, 4) is 11.3 Å². The van der Waals surface area contributed by atoms with Gasteiger partial charge in [0.25, 0.3) is 0 Å². The third kappa shape index (κ3) is 4.82. The molecule has 0 spiro atoms. The molecule has 0 saturated heterocycles. The SMILES string of the molecule is C/C=C\c1ccc(-c2csc(NC(=O)C(N)COC)n2)cc1C(C)=O. The van der Waals surface area contributed by atoms with Crippen LogP contribution in [0.1, 0.15) is 29.8 Å². The van der Waals surface area contributed by atoms with E-state index in [9.17, 15) is 9.59 Å². The number of ether oxygens (including phenoxy) is 1. The topological polar surface area (TPSA) is 94.3 Å². The lowest BCUT2D eigenvalue weighted by Gasteiger charge is -2.09. The fourth-order valence-corrected chi connectivity index (χ4v) is 2.99. The second-order valence-electron chi connectivity index (χ2n) is 5.45. The maximum absolute atomic E-state index is 11.9. The van der Waals surface area contributed by atoms with E-state index in [2.05, 4.69) is 10.3 Å². The molecule has 0 fully saturated rings. The molecule has 1 aromatic heterocycles. The molecular formula is C18H21N3O3S. The molecule has 2 rings (SSSR count). The number of nitrogens with zero attached hydrogens (tertiary/aromatic N) is 1. The third-order valence-corrected chi connectivity index (χ3v) is 4.25. The average molecular weight is 359 g/mol. The Morgan fingerprint density at radius 3 is 2.84 bits per heavy atom. The average Bonchev–Trinajstić information content (AvgIpc) is 3.04. The van der Waals surface area contributed by atoms with Crippen molar-refractivity contribution in [3.05, 3.63) is 40.8 Å². The number of hydrogen-bond donors (Lipinski definition) is 2. The number of methoxy groups -OCH3 is 1. The van der Waals surface area contributed by atoms with Gasteiger partial charge in [0.1, 0.15) is 6.04 Å². The van der Waals surface area contributed by atoms with E-state index in [0.717, 1.165) is 11.1 Å². The maximum Gasteiger partial charge on any atom is 0.245 e. The molecule has 25 heavy (non-hydrogen) atoms. The molecular weight excluding hydrogens is 338 g/mol. The minimum absolute atomic E-state index is 0.00996. The van der Waals surface area contributed by atoms with Crippen LogP contribution in [0.3, 0.4) is 0 Å². The van der Waals surface area contributed by atoms with E-state index in [1.54, 1.807) is 0 Å². The Bertz CT molecular complexity index is 799. The van der Waals surface area contributed by atoms with Crippen LogP contribution in [0.25, 0.3) is 17.3 Å². The van der Waals surface area contributed by atoms with Crippen LogP contribution in [-0.4, -0.2) is 36.4 Å². The van der Waals surface area contributed by atoms with Gasteiger partial charge in [-0.1, -0.05) is 24.3 Å². The van der Waals surface area contributed by atoms with Gasteiger partial charge >= 0.3 is 0 Å². The zero-order valence-electron chi connectivity index (χ0n) is 14.4. The van der Waals surface area contributed by atoms with E-state index >= 15 is 0 Å². The molecule has 1 amide bonds. The van der Waals surface area contributed by atoms with Crippen molar-refractivity contribution < 1.29 is 14.3 Å². The van der Waals surface area contributed by atoms with Crippen molar-refractivity contribution in [2.24, 2.45) is 5.73 Å². The van der Waals surface area contributed by atoms with Gasteiger partial charge in [-0.3, -0.25) is 9.59 Å². The fraction of sp³-hybridized carbons (Fsp3) is 0.278. The number of carbonyl (C=O) groups excluding carboxylic acids is 2. The van der Waals surface area contributed by atoms with E-state index in [4.69, 9.17) is 10.5 Å². The van der Waals surface area contributed by atoms with Gasteiger partial charge in [0.15, 0.2) is 10.9 Å². The molecule has 6 nitrogen and oxygen atoms in total. The molecule has 0 aliphatic rings. The van der Waals surface area contributed by atoms with Gasteiger partial charge in [-0.2, -0.15) is 0 Å². The molecule has 132 valence electrons. The quantitative estimate of drug-likeness (QED) is 0.741. The molecule has 0 bridgehead atoms. The predicted octanol–water partition coefficient (Wildman–Crippen LogP) is 2.96. The molecule has 7 heteroatoms. The summed E-state index contributed by atoms with van der Waals surface area (Å²) in [6, 6.07) is 4.86. The summed E-state index contributed by atoms with van der Waals surface area (Å²) in [5.41, 5.74) is 8.70. The van der Waals surface area contributed by atoms with Gasteiger partial charge in [-0.25, -0.2) is 4.98 Å². The summed E-state index contributed by atoms with van der Waals surface area (Å²) in [6.07, 6.45) is 3.78. The van der Waals surface area contributed by atoms with Crippen LogP contribution in [0.4, 0.5) is 5.13 Å². The Hall–Kier alpha value is -2.35. The lowest BCUT2D eigenvalue weighted by atomic mass is 9.99. The van der Waals surface area contributed by atoms with Crippen molar-refractivity contribution >= 4 is 34.2 Å². The van der Waals surface area contributed by atoms with Gasteiger partial charge in [0, 0.05) is 23.6 Å². The molecule has 2 aromatic rings. The molecule has 1 heterocycles. The minimum Gasteiger partial charge on any atom is -0.383 e. The van der Waals surface area contributed by atoms with Crippen LogP contribution >= 0.6 is 11.3 Å². The van der Waals surface area contributed by atoms with Crippen LogP contribution in [0.15, 0.2) is 29.7 Å². The Labute approximate surface area is 150 Å². The highest BCUT2D eigenvalue weighted by Gasteiger charge is 2.16. The summed E-state index contributed by atoms with van der Waals surface area (Å²) >= 11 is 1.30. The number of nitrogens with one attached hydrogen (secondary N) is 1. The minimum atomic E-state index is -0.748. The largest absolute Gasteiger partial charge is 0.383 e. The normalized spacial score (nSPS) is 12.3. The number of anilines is 1. The molecule has 3 N–H and O–H groups in total. The summed E-state index contributed by atoms with van der Waals surface area (Å²) in [5, 5.41) is 4.95. The van der Waals surface area contributed by atoms with Crippen LogP contribution in [-0.2, 0) is 9.53 Å². The Morgan fingerprint density at radius 2 is 2.20 bits per heavy atom. The number of thiazole rings is 1. The summed E-state index contributed by atoms with van der Waals surface area (Å²) in [6.45, 7) is 3.58. The maximum atomic E-state index is 11.9. The number of Topliss-reactive ketones (excluding diaryl/α,β-unsaturated/α-hetero) is 1. The first-order valence-corrected chi connectivity index (χ1v) is 8.63. The molecule has 1 unspecified atom stereocenters. The number of carbonyl (C=O) groups is 2. The number of ketones is 1. The van der Waals surface area contributed by atoms with Crippen molar-refractivity contribution in [3.63, 3.8) is 0 Å². The molecule has 1 atom stereocenters. The Morgan fingerprint density at radius 1 is 1.44 bits per heavy atom. The molecule has 0 aliphatic heterocycles. The fourth-order valence-electron chi connectivity index (χ4n) is 2.26. The Kier molecular flexibility index (Phi) is 6.58. The highest BCUT2D eigenvalue weighted by Crippen LogP contribution is 2.27. The first kappa shape index (κ1) is 19.0. The highest BCUT2D eigenvalue weighted by atomic mass is 32.1. The second kappa shape index (κ2) is 8.66. The van der Waals surface area contributed by atoms with Gasteiger partial charge in [0.05, 0.1) is 12.3 Å². The van der Waals surface area contributed by atoms with Crippen molar-refractivity contribution in [1.29, 1.82) is 0 Å². The monoisotopic (exact) mass is 359 g/mol. The lowest BCUT2D eigenvalue weighted by Crippen LogP contribution is -2.39. The number of benzene rings is 1. The predicted molar refractivity (Wildman–Crippen MR) is 101 cm³/mol. The number of aromatic nitrogens is 1. The summed E-state index contributed by atoms with van der Waals surface area (Å²) in [5.74, 6) is -0.361. The summed E-state index contributed by atoms with van der Waals surface area (Å²) in [7, 11) is 1.48. The first-order chi connectivity index (χ1) is 12.0. The van der Waals surface area contributed by atoms with Crippen LogP contribution < -0.4 is 11.1 Å². The van der Waals surface area contributed by atoms with Gasteiger partial charge in [-0.15, -0.1) is 11.3 Å². The van der Waals surface area contributed by atoms with Crippen LogP contribution in [0.2, 0.25) is 0 Å². The zero-order chi connectivity index (χ0) is 18.4. The van der Waals surface area contributed by atoms with Gasteiger partial charge in [0.2, 0.25) is 5.91 Å². The summed E-state index contributed by atoms with van der Waals surface area (Å²) < 4.78 is 4.86. The summed E-state index contributed by atoms with van der Waals surface area (Å²) in [4.78, 5) is 28.2. The van der Waals surface area contributed by atoms with E-state index < -0.39 is 6.04 Å². The first-order valence-electron chi connectivity index (χ1n) is 7.75. The van der Waals surface area contributed by atoms with Crippen molar-refractivity contribution in [2.75, 3.05) is 19.0 Å². The highest BCUT2D eigenvalue weighted by molar-refractivity contribution is 7.14. The number of nitrogens with two attached hydrogens (primary N) is 1. The van der Waals surface area contributed by atoms with Crippen LogP contribution in [0.5, 0.6) is 0 Å². The molecule has 0 aliphatic carbocycles. The third-order valence-electron chi connectivity index (χ3n) is 3.49. The van der Waals surface area contributed by atoms with Crippen LogP contribution in [0, 0.1) is 0 Å². The van der Waals surface area contributed by atoms with Gasteiger partial charge < -0.3 is 15.8 Å². The van der Waals surface area contributed by atoms with Crippen molar-refractivity contribution in [2.45, 2.75) is 19.9 Å². The number of rotatable bonds is 7. The van der Waals surface area contributed by atoms with Crippen molar-refractivity contribution in [1.82, 2.24) is 4.98 Å². The number of amides is 1. The Balaban J connectivity index is 2.23. The zero-order valence-corrected chi connectivity index (χ0v) is 15.2. The van der Waals surface area contributed by atoms with E-state index in [0.29, 0.717) is 16.4 Å². The smallest absolute Gasteiger partial charge is 0.245 e. The van der Waals surface area contributed by atoms with E-state index in [1.807, 2.05) is 42.7 Å². The van der Waals surface area contributed by atoms with E-state index in [1.165, 1.54) is 25.4 Å².